The monoisotopic (exact) mass is 1150 g/mol. The van der Waals surface area contributed by atoms with Crippen molar-refractivity contribution in [2.45, 2.75) is 107 Å². The number of aldehydes is 1. The number of hydrogen-bond acceptors (Lipinski definition) is 19. The first-order chi connectivity index (χ1) is 38.7. The molecule has 0 bridgehead atoms. The largest absolute Gasteiger partial charge is 0.461 e. The van der Waals surface area contributed by atoms with Gasteiger partial charge in [0.1, 0.15) is 18.7 Å². The van der Waals surface area contributed by atoms with E-state index in [0.717, 1.165) is 32.2 Å². The fourth-order valence-electron chi connectivity index (χ4n) is 5.01. The molecule has 10 N–H and O–H groups in total. The van der Waals surface area contributed by atoms with Gasteiger partial charge in [-0.3, -0.25) is 28.8 Å². The van der Waals surface area contributed by atoms with Gasteiger partial charge in [-0.1, -0.05) is 74.8 Å². The van der Waals surface area contributed by atoms with E-state index in [9.17, 15) is 38.4 Å². The molecule has 0 aliphatic carbocycles. The molecule has 0 atom stereocenters. The summed E-state index contributed by atoms with van der Waals surface area (Å²) in [5, 5.41) is 15.5. The quantitative estimate of drug-likeness (QED) is 0.0264. The highest BCUT2D eigenvalue weighted by molar-refractivity contribution is 5.97. The summed E-state index contributed by atoms with van der Waals surface area (Å²) in [7, 11) is 1.79. The fraction of sp³-hybridized carbons (Fsp3) is 0.745. The van der Waals surface area contributed by atoms with Crippen molar-refractivity contribution in [2.75, 3.05) is 157 Å². The molecule has 25 heteroatoms. The molecule has 0 saturated heterocycles. The SMILES string of the molecule is CC.CCC.CCCOCCOCCOCCOCCC(=O)C(C)C.CNCCNC(=O)c1cc(NC=O)ccc1COC(=O)C(C)C.NC(=O)NCCCCNC(=O)CNC=O.NCCOCCOCCOCCOCCC=O. The molecule has 25 nitrogen and oxygen atoms in total. The Hall–Kier alpha value is -5.22. The maximum atomic E-state index is 12.3. The van der Waals surface area contributed by atoms with E-state index in [1.165, 1.54) is 6.42 Å². The third kappa shape index (κ3) is 67.1. The van der Waals surface area contributed by atoms with Gasteiger partial charge < -0.3 is 90.8 Å². The van der Waals surface area contributed by atoms with Crippen molar-refractivity contribution in [1.82, 2.24) is 26.6 Å². The summed E-state index contributed by atoms with van der Waals surface area (Å²) in [6.07, 6.45) is 6.53. The van der Waals surface area contributed by atoms with Gasteiger partial charge in [-0.25, -0.2) is 4.79 Å². The summed E-state index contributed by atoms with van der Waals surface area (Å²) in [6.45, 7) is 29.2. The lowest BCUT2D eigenvalue weighted by molar-refractivity contribution is -0.148. The lowest BCUT2D eigenvalue weighted by Crippen LogP contribution is -2.34. The zero-order valence-corrected chi connectivity index (χ0v) is 50.2. The topological polar surface area (TPSA) is 344 Å². The minimum absolute atomic E-state index is 0.00711. The number of carbonyl (C=O) groups is 8. The van der Waals surface area contributed by atoms with Crippen molar-refractivity contribution in [2.24, 2.45) is 23.3 Å². The Balaban J connectivity index is -0.000000307. The maximum absolute atomic E-state index is 12.3. The predicted molar refractivity (Wildman–Crippen MR) is 309 cm³/mol. The third-order valence-corrected chi connectivity index (χ3v) is 9.01. The van der Waals surface area contributed by atoms with Gasteiger partial charge in [-0.15, -0.1) is 0 Å². The van der Waals surface area contributed by atoms with Crippen LogP contribution in [0.15, 0.2) is 18.2 Å². The van der Waals surface area contributed by atoms with E-state index in [1.807, 2.05) is 27.7 Å². The van der Waals surface area contributed by atoms with E-state index in [1.54, 1.807) is 39.1 Å². The van der Waals surface area contributed by atoms with E-state index in [0.29, 0.717) is 174 Å². The van der Waals surface area contributed by atoms with Crippen LogP contribution in [0.4, 0.5) is 10.5 Å². The van der Waals surface area contributed by atoms with Gasteiger partial charge in [0.25, 0.3) is 5.91 Å². The first-order valence-corrected chi connectivity index (χ1v) is 27.8. The number of benzene rings is 1. The number of amides is 6. The van der Waals surface area contributed by atoms with E-state index in [-0.39, 0.29) is 48.6 Å². The second kappa shape index (κ2) is 69.9. The molecule has 1 aromatic carbocycles. The molecule has 1 rings (SSSR count). The number of hydrogen-bond donors (Lipinski definition) is 8. The Bertz CT molecular complexity index is 1600. The van der Waals surface area contributed by atoms with Crippen LogP contribution in [0.2, 0.25) is 0 Å². The lowest BCUT2D eigenvalue weighted by Gasteiger charge is -2.13. The van der Waals surface area contributed by atoms with E-state index in [4.69, 9.17) is 54.1 Å². The number of ketones is 1. The number of likely N-dealkylation sites (N-methyl/N-ethyl adjacent to an activating group) is 1. The Kier molecular flexibility index (Phi) is 73.0. The minimum atomic E-state index is -0.547. The molecule has 0 radical (unpaired) electrons. The number of ether oxygens (including phenoxy) is 9. The number of carbonyl (C=O) groups excluding carboxylic acids is 8. The minimum Gasteiger partial charge on any atom is -0.461 e. The van der Waals surface area contributed by atoms with Crippen LogP contribution in [-0.4, -0.2) is 201 Å². The molecule has 0 aromatic heterocycles. The first kappa shape index (κ1) is 83.6. The number of urea groups is 1. The Morgan fingerprint density at radius 2 is 1.09 bits per heavy atom. The highest BCUT2D eigenvalue weighted by Crippen LogP contribution is 2.17. The van der Waals surface area contributed by atoms with Gasteiger partial charge >= 0.3 is 12.0 Å². The lowest BCUT2D eigenvalue weighted by atomic mass is 10.1. The third-order valence-electron chi connectivity index (χ3n) is 9.01. The predicted octanol–water partition coefficient (Wildman–Crippen LogP) is 3.32. The number of nitrogens with one attached hydrogen (secondary N) is 6. The fourth-order valence-corrected chi connectivity index (χ4v) is 5.01. The second-order valence-electron chi connectivity index (χ2n) is 16.8. The van der Waals surface area contributed by atoms with Crippen molar-refractivity contribution in [1.29, 1.82) is 0 Å². The summed E-state index contributed by atoms with van der Waals surface area (Å²) in [6, 6.07) is 4.32. The summed E-state index contributed by atoms with van der Waals surface area (Å²) in [5.41, 5.74) is 11.5. The van der Waals surface area contributed by atoms with Crippen molar-refractivity contribution < 1.29 is 81.0 Å². The molecule has 0 saturated carbocycles. The molecule has 468 valence electrons. The molecular weight excluding hydrogens is 1040 g/mol. The van der Waals surface area contributed by atoms with E-state index in [2.05, 4.69) is 52.7 Å². The van der Waals surface area contributed by atoms with Crippen LogP contribution in [0.3, 0.4) is 0 Å². The number of nitrogens with two attached hydrogens (primary N) is 2. The molecule has 0 aliphatic rings. The summed E-state index contributed by atoms with van der Waals surface area (Å²) >= 11 is 0. The number of esters is 1. The summed E-state index contributed by atoms with van der Waals surface area (Å²) < 4.78 is 47.2. The Labute approximate surface area is 478 Å². The summed E-state index contributed by atoms with van der Waals surface area (Å²) in [5.74, 6) is -0.756. The summed E-state index contributed by atoms with van der Waals surface area (Å²) in [4.78, 5) is 86.7. The average molecular weight is 1150 g/mol. The van der Waals surface area contributed by atoms with Gasteiger partial charge in [0.2, 0.25) is 18.7 Å². The van der Waals surface area contributed by atoms with Crippen molar-refractivity contribution in [3.05, 3.63) is 29.3 Å². The Morgan fingerprint density at radius 1 is 0.600 bits per heavy atom. The zero-order chi connectivity index (χ0) is 61.1. The van der Waals surface area contributed by atoms with Crippen molar-refractivity contribution in [3.63, 3.8) is 0 Å². The molecule has 0 spiro atoms. The maximum Gasteiger partial charge on any atom is 0.312 e. The number of rotatable bonds is 46. The van der Waals surface area contributed by atoms with Crippen LogP contribution >= 0.6 is 0 Å². The number of anilines is 1. The highest BCUT2D eigenvalue weighted by Gasteiger charge is 2.15. The van der Waals surface area contributed by atoms with Crippen molar-refractivity contribution >= 4 is 54.4 Å². The standard InChI is InChI=1S/C16H23N3O4.C15H30O5.C11H23NO5.C8H16N4O3.C3H8.C2H6/c1-11(2)16(22)23-9-12-4-5-13(19-10-20)8-14(12)15(21)18-7-6-17-3;1-4-6-17-8-10-19-12-13-20-11-9-18-7-5-15(16)14(2)3;12-2-5-15-7-9-17-11-10-16-8-6-14-4-1-3-13;9-8(15)12-4-2-1-3-11-7(14)5-10-6-13;1-3-2;1-2/h4-5,8,10-11,17H,6-7,9H2,1-3H3,(H,18,21)(H,19,20);14H,4-13H2,1-3H3;3H,1-2,4-12H2;6H,1-5H2,(H,10,13)(H,11,14)(H3,9,12,15);3H2,1-2H3;1-2H3. The highest BCUT2D eigenvalue weighted by atomic mass is 16.6. The zero-order valence-electron chi connectivity index (χ0n) is 50.2. The first-order valence-electron chi connectivity index (χ1n) is 27.8. The van der Waals surface area contributed by atoms with Crippen LogP contribution in [0, 0.1) is 11.8 Å². The molecule has 6 amide bonds. The smallest absolute Gasteiger partial charge is 0.312 e. The molecule has 0 fully saturated rings. The molecule has 0 aliphatic heterocycles. The van der Waals surface area contributed by atoms with Gasteiger partial charge in [0.15, 0.2) is 0 Å². The van der Waals surface area contributed by atoms with Crippen LogP contribution < -0.4 is 43.4 Å². The van der Waals surface area contributed by atoms with Crippen LogP contribution in [0.1, 0.15) is 117 Å². The molecule has 0 unspecified atom stereocenters. The van der Waals surface area contributed by atoms with Crippen LogP contribution in [-0.2, 0) is 78.0 Å². The van der Waals surface area contributed by atoms with Crippen LogP contribution in [0.5, 0.6) is 0 Å². The molecular formula is C55H106N8O17. The van der Waals surface area contributed by atoms with E-state index >= 15 is 0 Å². The number of primary amides is 1. The molecule has 80 heavy (non-hydrogen) atoms. The van der Waals surface area contributed by atoms with Gasteiger partial charge in [-0.05, 0) is 38.4 Å². The van der Waals surface area contributed by atoms with Gasteiger partial charge in [-0.2, -0.15) is 0 Å². The van der Waals surface area contributed by atoms with E-state index < -0.39 is 6.03 Å². The van der Waals surface area contributed by atoms with Crippen LogP contribution in [0.25, 0.3) is 0 Å². The average Bonchev–Trinajstić information content (AvgIpc) is 3.45. The molecule has 1 aromatic rings. The van der Waals surface area contributed by atoms with Gasteiger partial charge in [0.05, 0.1) is 112 Å². The van der Waals surface area contributed by atoms with Crippen molar-refractivity contribution in [3.8, 4) is 0 Å². The normalized spacial score (nSPS) is 10.0. The second-order valence-corrected chi connectivity index (χ2v) is 16.8. The number of unbranched alkanes of at least 4 members (excludes halogenated alkanes) is 1. The number of Topliss-reactive ketones (excluding diaryl/α,β-unsaturated/α-hetero) is 1. The molecule has 0 heterocycles. The van der Waals surface area contributed by atoms with Gasteiger partial charge in [0, 0.05) is 74.9 Å². The Morgan fingerprint density at radius 3 is 1.52 bits per heavy atom.